The zero-order valence-corrected chi connectivity index (χ0v) is 10.9. The van der Waals surface area contributed by atoms with Crippen LogP contribution in [0.5, 0.6) is 0 Å². The van der Waals surface area contributed by atoms with Gasteiger partial charge in [0.05, 0.1) is 11.4 Å². The van der Waals surface area contributed by atoms with Crippen LogP contribution in [-0.2, 0) is 6.54 Å². The molecule has 92 valence electrons. The Morgan fingerprint density at radius 1 is 1.39 bits per heavy atom. The molecular weight excluding hydrogens is 268 g/mol. The Hall–Kier alpha value is -1.77. The Morgan fingerprint density at radius 3 is 3.06 bits per heavy atom. The van der Waals surface area contributed by atoms with Crippen LogP contribution >= 0.6 is 22.7 Å². The first-order chi connectivity index (χ1) is 8.86. The van der Waals surface area contributed by atoms with Gasteiger partial charge >= 0.3 is 0 Å². The zero-order valence-electron chi connectivity index (χ0n) is 9.28. The van der Waals surface area contributed by atoms with Crippen molar-refractivity contribution in [2.45, 2.75) is 6.54 Å². The first-order valence-corrected chi connectivity index (χ1v) is 6.90. The summed E-state index contributed by atoms with van der Waals surface area (Å²) in [6.45, 7) is 0.645. The molecule has 0 saturated carbocycles. The summed E-state index contributed by atoms with van der Waals surface area (Å²) in [4.78, 5) is 5.51. The van der Waals surface area contributed by atoms with Crippen molar-refractivity contribution in [2.24, 2.45) is 5.84 Å². The van der Waals surface area contributed by atoms with E-state index in [9.17, 15) is 0 Å². The number of imidazole rings is 1. The molecule has 0 bridgehead atoms. The lowest BCUT2D eigenvalue weighted by Gasteiger charge is -2.02. The summed E-state index contributed by atoms with van der Waals surface area (Å²) in [5.41, 5.74) is 2.49. The molecule has 3 aromatic heterocycles. The number of thiophene rings is 1. The minimum absolute atomic E-state index is 0.614. The van der Waals surface area contributed by atoms with Gasteiger partial charge in [-0.1, -0.05) is 17.4 Å². The van der Waals surface area contributed by atoms with Gasteiger partial charge in [0.15, 0.2) is 0 Å². The van der Waals surface area contributed by atoms with Crippen molar-refractivity contribution in [1.29, 1.82) is 0 Å². The lowest BCUT2D eigenvalue weighted by Crippen LogP contribution is -2.05. The highest BCUT2D eigenvalue weighted by molar-refractivity contribution is 7.15. The maximum Gasteiger partial charge on any atom is 0.219 e. The fraction of sp³-hybridized carbons (Fsp3) is 0.100. The molecule has 3 aromatic rings. The summed E-state index contributed by atoms with van der Waals surface area (Å²) >= 11 is 3.10. The SMILES string of the molecule is NNc1nnc(Cn2ccnc2-c2cccs2)s1. The van der Waals surface area contributed by atoms with Crippen LogP contribution < -0.4 is 11.3 Å². The van der Waals surface area contributed by atoms with Crippen molar-refractivity contribution in [1.82, 2.24) is 19.7 Å². The normalized spacial score (nSPS) is 10.7. The predicted molar refractivity (Wildman–Crippen MR) is 72.4 cm³/mol. The van der Waals surface area contributed by atoms with E-state index in [0.717, 1.165) is 15.7 Å². The molecule has 0 saturated heterocycles. The van der Waals surface area contributed by atoms with Crippen molar-refractivity contribution in [2.75, 3.05) is 5.43 Å². The highest BCUT2D eigenvalue weighted by Gasteiger charge is 2.09. The Labute approximate surface area is 111 Å². The minimum Gasteiger partial charge on any atom is -0.323 e. The first kappa shape index (κ1) is 11.3. The predicted octanol–water partition coefficient (Wildman–Crippen LogP) is 1.80. The van der Waals surface area contributed by atoms with Gasteiger partial charge in [0.1, 0.15) is 10.8 Å². The molecule has 3 N–H and O–H groups in total. The highest BCUT2D eigenvalue weighted by Crippen LogP contribution is 2.24. The summed E-state index contributed by atoms with van der Waals surface area (Å²) in [5.74, 6) is 6.23. The number of nitrogens with two attached hydrogens (primary N) is 1. The topological polar surface area (TPSA) is 81.6 Å². The molecule has 8 heteroatoms. The number of hydrogen-bond acceptors (Lipinski definition) is 7. The average Bonchev–Trinajstić information content (AvgIpc) is 3.09. The van der Waals surface area contributed by atoms with Crippen molar-refractivity contribution in [3.8, 4) is 10.7 Å². The second-order valence-electron chi connectivity index (χ2n) is 3.50. The maximum absolute atomic E-state index is 5.28. The summed E-state index contributed by atoms with van der Waals surface area (Å²) in [5, 5.41) is 11.5. The van der Waals surface area contributed by atoms with Gasteiger partial charge in [-0.3, -0.25) is 5.43 Å². The molecule has 0 unspecified atom stereocenters. The monoisotopic (exact) mass is 278 g/mol. The zero-order chi connectivity index (χ0) is 12.4. The third-order valence-electron chi connectivity index (χ3n) is 2.35. The number of rotatable bonds is 4. The van der Waals surface area contributed by atoms with Gasteiger partial charge < -0.3 is 4.57 Å². The van der Waals surface area contributed by atoms with Gasteiger partial charge in [-0.15, -0.1) is 21.5 Å². The van der Waals surface area contributed by atoms with Crippen LogP contribution in [0.1, 0.15) is 5.01 Å². The number of hydrazine groups is 1. The van der Waals surface area contributed by atoms with Crippen LogP contribution in [0.25, 0.3) is 10.7 Å². The summed E-state index contributed by atoms with van der Waals surface area (Å²) in [6, 6.07) is 4.07. The molecule has 0 amide bonds. The molecule has 0 fully saturated rings. The molecule has 3 heterocycles. The van der Waals surface area contributed by atoms with E-state index >= 15 is 0 Å². The Morgan fingerprint density at radius 2 is 2.33 bits per heavy atom. The number of nitrogens with zero attached hydrogens (tertiary/aromatic N) is 4. The summed E-state index contributed by atoms with van der Waals surface area (Å²) < 4.78 is 2.05. The van der Waals surface area contributed by atoms with Gasteiger partial charge in [0.2, 0.25) is 5.13 Å². The largest absolute Gasteiger partial charge is 0.323 e. The Kier molecular flexibility index (Phi) is 3.05. The summed E-state index contributed by atoms with van der Waals surface area (Å²) in [6.07, 6.45) is 3.73. The van der Waals surface area contributed by atoms with Crippen LogP contribution in [0.15, 0.2) is 29.9 Å². The maximum atomic E-state index is 5.28. The standard InChI is InChI=1S/C10H10N6S2/c11-13-10-15-14-8(18-10)6-16-4-3-12-9(16)7-2-1-5-17-7/h1-5H,6,11H2,(H,13,15). The molecule has 0 spiro atoms. The molecule has 6 nitrogen and oxygen atoms in total. The fourth-order valence-electron chi connectivity index (χ4n) is 1.59. The van der Waals surface area contributed by atoms with E-state index in [0.29, 0.717) is 11.7 Å². The van der Waals surface area contributed by atoms with E-state index in [1.54, 1.807) is 17.5 Å². The lowest BCUT2D eigenvalue weighted by atomic mass is 10.4. The molecular formula is C10H10N6S2. The average molecular weight is 278 g/mol. The number of aromatic nitrogens is 4. The molecule has 0 atom stereocenters. The molecule has 0 aliphatic rings. The van der Waals surface area contributed by atoms with Gasteiger partial charge in [0, 0.05) is 12.4 Å². The first-order valence-electron chi connectivity index (χ1n) is 5.21. The number of nitrogens with one attached hydrogen (secondary N) is 1. The van der Waals surface area contributed by atoms with Gasteiger partial charge in [-0.25, -0.2) is 10.8 Å². The molecule has 0 aliphatic carbocycles. The lowest BCUT2D eigenvalue weighted by molar-refractivity contribution is 0.787. The van der Waals surface area contributed by atoms with Gasteiger partial charge in [-0.2, -0.15) is 0 Å². The number of hydrogen-bond donors (Lipinski definition) is 2. The van der Waals surface area contributed by atoms with Crippen molar-refractivity contribution in [3.63, 3.8) is 0 Å². The van der Waals surface area contributed by atoms with Crippen LogP contribution in [0.4, 0.5) is 5.13 Å². The summed E-state index contributed by atoms with van der Waals surface area (Å²) in [7, 11) is 0. The smallest absolute Gasteiger partial charge is 0.219 e. The Balaban J connectivity index is 1.87. The molecule has 0 aliphatic heterocycles. The molecule has 0 radical (unpaired) electrons. The third kappa shape index (κ3) is 2.13. The molecule has 0 aromatic carbocycles. The van der Waals surface area contributed by atoms with Crippen LogP contribution in [0.3, 0.4) is 0 Å². The van der Waals surface area contributed by atoms with Crippen LogP contribution in [0, 0.1) is 0 Å². The van der Waals surface area contributed by atoms with E-state index in [1.165, 1.54) is 11.3 Å². The molecule has 18 heavy (non-hydrogen) atoms. The van der Waals surface area contributed by atoms with E-state index < -0.39 is 0 Å². The van der Waals surface area contributed by atoms with Crippen LogP contribution in [-0.4, -0.2) is 19.7 Å². The number of anilines is 1. The van der Waals surface area contributed by atoms with Crippen molar-refractivity contribution >= 4 is 27.8 Å². The van der Waals surface area contributed by atoms with Gasteiger partial charge in [-0.05, 0) is 11.4 Å². The minimum atomic E-state index is 0.614. The van der Waals surface area contributed by atoms with Gasteiger partial charge in [0.25, 0.3) is 0 Å². The third-order valence-corrected chi connectivity index (χ3v) is 4.06. The van der Waals surface area contributed by atoms with E-state index in [1.807, 2.05) is 22.2 Å². The van der Waals surface area contributed by atoms with Crippen molar-refractivity contribution in [3.05, 3.63) is 34.9 Å². The van der Waals surface area contributed by atoms with E-state index in [4.69, 9.17) is 5.84 Å². The van der Waals surface area contributed by atoms with E-state index in [-0.39, 0.29) is 0 Å². The molecule has 3 rings (SSSR count). The number of nitrogen functional groups attached to an aromatic ring is 1. The van der Waals surface area contributed by atoms with E-state index in [2.05, 4.69) is 26.7 Å². The van der Waals surface area contributed by atoms with Crippen molar-refractivity contribution < 1.29 is 0 Å². The quantitative estimate of drug-likeness (QED) is 0.562. The fourth-order valence-corrected chi connectivity index (χ4v) is 2.97. The van der Waals surface area contributed by atoms with Crippen LogP contribution in [0.2, 0.25) is 0 Å². The second kappa shape index (κ2) is 4.84. The highest BCUT2D eigenvalue weighted by atomic mass is 32.1. The second-order valence-corrected chi connectivity index (χ2v) is 5.51. The Bertz CT molecular complexity index is 626.